The molecule has 3 aliphatic rings. The van der Waals surface area contributed by atoms with E-state index in [1.54, 1.807) is 16.8 Å². The molecule has 2 unspecified atom stereocenters. The number of hydrogen-bond acceptors (Lipinski definition) is 13. The van der Waals surface area contributed by atoms with E-state index in [1.165, 1.54) is 17.2 Å². The number of nitrogens with zero attached hydrogens (tertiary/aromatic N) is 5. The average molecular weight is 595 g/mol. The van der Waals surface area contributed by atoms with E-state index in [1.807, 2.05) is 0 Å². The van der Waals surface area contributed by atoms with E-state index < -0.39 is 54.8 Å². The molecule has 0 aromatic carbocycles. The summed E-state index contributed by atoms with van der Waals surface area (Å²) in [5.74, 6) is -0.140. The summed E-state index contributed by atoms with van der Waals surface area (Å²) in [5.41, 5.74) is 3.87. The molecule has 4 aromatic heterocycles. The van der Waals surface area contributed by atoms with Crippen molar-refractivity contribution >= 4 is 47.2 Å². The predicted octanol–water partition coefficient (Wildman–Crippen LogP) is -0.440. The first kappa shape index (κ1) is 25.8. The largest absolute Gasteiger partial charge is 0.394 e. The highest BCUT2D eigenvalue weighted by Crippen LogP contribution is 2.65. The lowest BCUT2D eigenvalue weighted by molar-refractivity contribution is -0.0475. The van der Waals surface area contributed by atoms with Gasteiger partial charge in [-0.25, -0.2) is 14.5 Å². The molecule has 2 aliphatic heterocycles. The fraction of sp³-hybridized carbons (Fsp3) is 0.476. The van der Waals surface area contributed by atoms with E-state index in [2.05, 4.69) is 37.2 Å². The number of aromatic amines is 2. The molecule has 17 nitrogen and oxygen atoms in total. The summed E-state index contributed by atoms with van der Waals surface area (Å²) in [7, 11) is 0. The van der Waals surface area contributed by atoms with Crippen LogP contribution < -0.4 is 16.9 Å². The number of thiol groups is 1. The smallest absolute Gasteiger partial charge is 0.387 e. The molecule has 4 aromatic rings. The zero-order chi connectivity index (χ0) is 28.0. The number of hydrogen-bond donors (Lipinski definition) is 6. The first-order valence-corrected chi connectivity index (χ1v) is 14.9. The monoisotopic (exact) mass is 594 g/mol. The lowest BCUT2D eigenvalue weighted by Crippen LogP contribution is -2.24. The summed E-state index contributed by atoms with van der Waals surface area (Å²) in [6, 6.07) is 1.60. The second kappa shape index (κ2) is 8.95. The standard InChI is InChI=1S/C21H23N8O9PS/c22-20-26-16-12(18(32)27-20)25-7-29(16)19-10(3-8(5-30)35-19)37-39(34,40)38-14-13-21(14,33)4-11(36-13)28-2-1-9-15(28)23-6-24-17(9)31/h1-2,6-8,10-11,13-14,19,30,33H,3-5H2,(H,34,40)(H,23,24,31)(H3,22,26,27,32)/t8-,10+,11+,13+,14?,19+,21-,39?/m0/s1. The molecule has 6 heterocycles. The van der Waals surface area contributed by atoms with Crippen molar-refractivity contribution in [3.63, 3.8) is 0 Å². The van der Waals surface area contributed by atoms with Crippen LogP contribution in [0.25, 0.3) is 22.2 Å². The van der Waals surface area contributed by atoms with Crippen LogP contribution in [0, 0.1) is 0 Å². The molecule has 7 rings (SSSR count). The van der Waals surface area contributed by atoms with Crippen molar-refractivity contribution in [2.24, 2.45) is 0 Å². The molecule has 212 valence electrons. The van der Waals surface area contributed by atoms with E-state index in [0.717, 1.165) is 0 Å². The summed E-state index contributed by atoms with van der Waals surface area (Å²) >= 11 is 4.13. The molecule has 1 aliphatic carbocycles. The van der Waals surface area contributed by atoms with Gasteiger partial charge in [0, 0.05) is 19.0 Å². The number of nitrogen functional groups attached to an aromatic ring is 1. The first-order valence-electron chi connectivity index (χ1n) is 12.2. The van der Waals surface area contributed by atoms with E-state index >= 15 is 0 Å². The zero-order valence-electron chi connectivity index (χ0n) is 20.4. The van der Waals surface area contributed by atoms with Gasteiger partial charge in [0.2, 0.25) is 5.95 Å². The van der Waals surface area contributed by atoms with Gasteiger partial charge in [-0.1, -0.05) is 12.2 Å². The highest BCUT2D eigenvalue weighted by molar-refractivity contribution is 8.44. The minimum absolute atomic E-state index is 0.00399. The third-order valence-electron chi connectivity index (χ3n) is 7.37. The number of anilines is 1. The number of aliphatic hydroxyl groups is 2. The molecular weight excluding hydrogens is 571 g/mol. The number of H-pyrrole nitrogens is 2. The second-order valence-corrected chi connectivity index (χ2v) is 12.7. The van der Waals surface area contributed by atoms with Crippen LogP contribution in [0.15, 0.2) is 34.5 Å². The molecule has 19 heteroatoms. The average Bonchev–Trinajstić information content (AvgIpc) is 3.50. The van der Waals surface area contributed by atoms with Crippen LogP contribution in [0.1, 0.15) is 25.3 Å². The normalized spacial score (nSPS) is 33.0. The number of nitrogens with two attached hydrogens (primary N) is 1. The quantitative estimate of drug-likeness (QED) is 0.118. The summed E-state index contributed by atoms with van der Waals surface area (Å²) in [4.78, 5) is 41.4. The number of fused-ring (bicyclic) bond motifs is 3. The van der Waals surface area contributed by atoms with Gasteiger partial charge in [-0.15, -0.1) is 0 Å². The van der Waals surface area contributed by atoms with Crippen LogP contribution in [-0.2, 0) is 23.1 Å². The molecule has 3 fully saturated rings. The van der Waals surface area contributed by atoms with Crippen molar-refractivity contribution in [2.45, 2.75) is 55.3 Å². The van der Waals surface area contributed by atoms with E-state index in [-0.39, 0.29) is 42.1 Å². The van der Waals surface area contributed by atoms with Crippen molar-refractivity contribution in [3.8, 4) is 0 Å². The van der Waals surface area contributed by atoms with Crippen molar-refractivity contribution in [3.05, 3.63) is 45.6 Å². The molecule has 0 radical (unpaired) electrons. The van der Waals surface area contributed by atoms with Gasteiger partial charge in [0.05, 0.1) is 30.8 Å². The Morgan fingerprint density at radius 2 is 2.05 bits per heavy atom. The second-order valence-electron chi connectivity index (χ2n) is 9.88. The Hall–Kier alpha value is -3.09. The van der Waals surface area contributed by atoms with E-state index in [0.29, 0.717) is 11.0 Å². The number of rotatable bonds is 7. The molecule has 0 amide bonds. The molecule has 2 saturated heterocycles. The Kier molecular flexibility index (Phi) is 5.79. The number of nitrogens with one attached hydrogen (secondary N) is 2. The third-order valence-corrected chi connectivity index (χ3v) is 8.97. The highest BCUT2D eigenvalue weighted by Gasteiger charge is 2.74. The van der Waals surface area contributed by atoms with Gasteiger partial charge in [0.25, 0.3) is 11.1 Å². The van der Waals surface area contributed by atoms with Crippen molar-refractivity contribution in [1.29, 1.82) is 0 Å². The van der Waals surface area contributed by atoms with Gasteiger partial charge in [-0.3, -0.25) is 28.2 Å². The van der Waals surface area contributed by atoms with Crippen LogP contribution in [0.4, 0.5) is 5.95 Å². The fourth-order valence-corrected chi connectivity index (χ4v) is 7.28. The molecule has 1 saturated carbocycles. The van der Waals surface area contributed by atoms with Crippen molar-refractivity contribution in [2.75, 3.05) is 12.3 Å². The molecule has 8 atom stereocenters. The molecule has 6 N–H and O–H groups in total. The maximum absolute atomic E-state index is 13.4. The van der Waals surface area contributed by atoms with Crippen LogP contribution in [0.3, 0.4) is 0 Å². The van der Waals surface area contributed by atoms with Crippen LogP contribution in [0.2, 0.25) is 0 Å². The van der Waals surface area contributed by atoms with Crippen LogP contribution in [-0.4, -0.2) is 80.9 Å². The summed E-state index contributed by atoms with van der Waals surface area (Å²) < 4.78 is 39.6. The molecule has 0 bridgehead atoms. The number of aromatic nitrogens is 7. The van der Waals surface area contributed by atoms with Gasteiger partial charge in [0.15, 0.2) is 17.4 Å². The van der Waals surface area contributed by atoms with Crippen molar-refractivity contribution < 1.29 is 33.3 Å². The number of ether oxygens (including phenoxy) is 2. The van der Waals surface area contributed by atoms with E-state index in [9.17, 15) is 24.4 Å². The van der Waals surface area contributed by atoms with Crippen LogP contribution in [0.5, 0.6) is 0 Å². The Labute approximate surface area is 227 Å². The third kappa shape index (κ3) is 4.02. The van der Waals surface area contributed by atoms with E-state index in [4.69, 9.17) is 24.3 Å². The molecule has 40 heavy (non-hydrogen) atoms. The fourth-order valence-electron chi connectivity index (χ4n) is 5.45. The van der Waals surface area contributed by atoms with Gasteiger partial charge < -0.3 is 35.0 Å². The summed E-state index contributed by atoms with van der Waals surface area (Å²) in [6.07, 6.45) is -0.679. The van der Waals surface area contributed by atoms with Gasteiger partial charge in [-0.2, -0.15) is 4.98 Å². The summed E-state index contributed by atoms with van der Waals surface area (Å²) in [6.45, 7) is -4.49. The topological polar surface area (TPSA) is 235 Å². The lowest BCUT2D eigenvalue weighted by Gasteiger charge is -2.24. The maximum atomic E-state index is 13.4. The minimum atomic E-state index is -4.13. The number of aliphatic hydroxyl groups excluding tert-OH is 1. The van der Waals surface area contributed by atoms with Gasteiger partial charge in [0.1, 0.15) is 35.8 Å². The lowest BCUT2D eigenvalue weighted by atomic mass is 10.2. The maximum Gasteiger partial charge on any atom is 0.387 e. The zero-order valence-corrected chi connectivity index (χ0v) is 22.1. The Morgan fingerprint density at radius 1 is 1.23 bits per heavy atom. The molecular formula is C21H23N8O9PS. The Balaban J connectivity index is 1.07. The number of imidazole rings is 1. The van der Waals surface area contributed by atoms with Gasteiger partial charge in [-0.05, 0) is 6.07 Å². The van der Waals surface area contributed by atoms with Crippen LogP contribution >= 0.6 is 19.0 Å². The predicted molar refractivity (Wildman–Crippen MR) is 138 cm³/mol. The van der Waals surface area contributed by atoms with Gasteiger partial charge >= 0.3 is 6.80 Å². The Bertz CT molecular complexity index is 1810. The molecule has 0 spiro atoms. The first-order chi connectivity index (χ1) is 19.1. The SMILES string of the molecule is Nc1nc2c(ncn2[C@@H]2O[C@H](CO)C[C@H]2OP(=O)(S)OC2[C@H]3O[C@@H](n4ccc5c(=O)[nH]cnc54)C[C@@]23O)c(=O)[nH]1. The summed E-state index contributed by atoms with van der Waals surface area (Å²) in [5, 5.41) is 21.2. The highest BCUT2D eigenvalue weighted by atomic mass is 32.7. The minimum Gasteiger partial charge on any atom is -0.394 e. The Morgan fingerprint density at radius 3 is 2.80 bits per heavy atom. The van der Waals surface area contributed by atoms with Crippen molar-refractivity contribution in [1.82, 2.24) is 34.1 Å².